The topological polar surface area (TPSA) is 28.2 Å². The van der Waals surface area contributed by atoms with E-state index in [0.717, 1.165) is 31.0 Å². The van der Waals surface area contributed by atoms with Gasteiger partial charge in [-0.3, -0.25) is 0 Å². The molecule has 1 atom stereocenters. The van der Waals surface area contributed by atoms with Gasteiger partial charge in [0.2, 0.25) is 0 Å². The minimum atomic E-state index is -0.264. The number of aryl methyl sites for hydroxylation is 1. The highest BCUT2D eigenvalue weighted by Gasteiger charge is 2.18. The number of aromatic nitrogens is 1. The van der Waals surface area contributed by atoms with Crippen molar-refractivity contribution in [3.63, 3.8) is 0 Å². The Hall–Kier alpha value is -1.16. The first-order valence-corrected chi connectivity index (χ1v) is 5.27. The summed E-state index contributed by atoms with van der Waals surface area (Å²) in [6.07, 6.45) is 1.29. The Morgan fingerprint density at radius 3 is 3.07 bits per heavy atom. The molecule has 1 aromatic rings. The summed E-state index contributed by atoms with van der Waals surface area (Å²) in [5, 5.41) is 3.37. The first-order valence-electron chi connectivity index (χ1n) is 5.27. The fraction of sp³-hybridized carbons (Fsp3) is 0.545. The van der Waals surface area contributed by atoms with Gasteiger partial charge in [0.15, 0.2) is 0 Å². The zero-order chi connectivity index (χ0) is 10.8. The molecule has 2 heterocycles. The molecule has 0 aliphatic carbocycles. The zero-order valence-electron chi connectivity index (χ0n) is 9.13. The standard InChI is InChI=1S/C11H16FN3/c1-8-5-10(12)6-14-11(8)15-4-3-13-9(2)7-15/h5-6,9,13H,3-4,7H2,1-2H3/t9-/m0/s1. The van der Waals surface area contributed by atoms with Crippen LogP contribution in [-0.2, 0) is 0 Å². The van der Waals surface area contributed by atoms with Crippen molar-refractivity contribution in [2.24, 2.45) is 0 Å². The van der Waals surface area contributed by atoms with E-state index in [9.17, 15) is 4.39 Å². The summed E-state index contributed by atoms with van der Waals surface area (Å²) in [6.45, 7) is 6.87. The molecule has 0 amide bonds. The number of hydrogen-bond acceptors (Lipinski definition) is 3. The van der Waals surface area contributed by atoms with E-state index in [1.807, 2.05) is 6.92 Å². The van der Waals surface area contributed by atoms with Crippen molar-refractivity contribution in [1.29, 1.82) is 0 Å². The van der Waals surface area contributed by atoms with Crippen LogP contribution >= 0.6 is 0 Å². The van der Waals surface area contributed by atoms with Gasteiger partial charge in [0, 0.05) is 25.7 Å². The molecule has 3 nitrogen and oxygen atoms in total. The van der Waals surface area contributed by atoms with Crippen LogP contribution in [0.5, 0.6) is 0 Å². The number of pyridine rings is 1. The maximum atomic E-state index is 12.9. The molecule has 0 spiro atoms. The molecule has 0 saturated carbocycles. The van der Waals surface area contributed by atoms with Crippen LogP contribution in [0.3, 0.4) is 0 Å². The van der Waals surface area contributed by atoms with Gasteiger partial charge >= 0.3 is 0 Å². The Kier molecular flexibility index (Phi) is 2.86. The maximum Gasteiger partial charge on any atom is 0.141 e. The number of piperazine rings is 1. The summed E-state index contributed by atoms with van der Waals surface area (Å²) in [6, 6.07) is 2.00. The lowest BCUT2D eigenvalue weighted by Crippen LogP contribution is -2.49. The third kappa shape index (κ3) is 2.26. The molecule has 0 radical (unpaired) electrons. The van der Waals surface area contributed by atoms with Crippen LogP contribution in [0, 0.1) is 12.7 Å². The van der Waals surface area contributed by atoms with E-state index in [2.05, 4.69) is 22.1 Å². The highest BCUT2D eigenvalue weighted by Crippen LogP contribution is 2.18. The van der Waals surface area contributed by atoms with Crippen LogP contribution in [0.1, 0.15) is 12.5 Å². The SMILES string of the molecule is Cc1cc(F)cnc1N1CCN[C@@H](C)C1. The van der Waals surface area contributed by atoms with E-state index in [-0.39, 0.29) is 5.82 Å². The normalized spacial score (nSPS) is 21.8. The van der Waals surface area contributed by atoms with Crippen molar-refractivity contribution in [3.8, 4) is 0 Å². The smallest absolute Gasteiger partial charge is 0.141 e. The van der Waals surface area contributed by atoms with Crippen molar-refractivity contribution in [1.82, 2.24) is 10.3 Å². The minimum Gasteiger partial charge on any atom is -0.354 e. The van der Waals surface area contributed by atoms with Crippen LogP contribution < -0.4 is 10.2 Å². The molecule has 1 fully saturated rings. The number of hydrogen-bond donors (Lipinski definition) is 1. The quantitative estimate of drug-likeness (QED) is 0.756. The van der Waals surface area contributed by atoms with Crippen molar-refractivity contribution >= 4 is 5.82 Å². The monoisotopic (exact) mass is 209 g/mol. The molecule has 1 aliphatic rings. The Bertz CT molecular complexity index is 354. The molecular formula is C11H16FN3. The summed E-state index contributed by atoms with van der Waals surface area (Å²) in [4.78, 5) is 6.36. The fourth-order valence-corrected chi connectivity index (χ4v) is 1.99. The first kappa shape index (κ1) is 10.4. The molecule has 15 heavy (non-hydrogen) atoms. The Labute approximate surface area is 89.3 Å². The van der Waals surface area contributed by atoms with Gasteiger partial charge in [0.25, 0.3) is 0 Å². The van der Waals surface area contributed by atoms with Gasteiger partial charge in [0.05, 0.1) is 6.20 Å². The maximum absolute atomic E-state index is 12.9. The molecule has 1 saturated heterocycles. The number of nitrogens with one attached hydrogen (secondary N) is 1. The van der Waals surface area contributed by atoms with E-state index in [4.69, 9.17) is 0 Å². The van der Waals surface area contributed by atoms with E-state index in [1.54, 1.807) is 0 Å². The zero-order valence-corrected chi connectivity index (χ0v) is 9.13. The van der Waals surface area contributed by atoms with Gasteiger partial charge in [-0.25, -0.2) is 9.37 Å². The Morgan fingerprint density at radius 1 is 1.60 bits per heavy atom. The average Bonchev–Trinajstić information content (AvgIpc) is 2.17. The Balaban J connectivity index is 2.21. The summed E-state index contributed by atoms with van der Waals surface area (Å²) >= 11 is 0. The van der Waals surface area contributed by atoms with Crippen LogP contribution in [0.2, 0.25) is 0 Å². The van der Waals surface area contributed by atoms with Gasteiger partial charge in [-0.1, -0.05) is 0 Å². The van der Waals surface area contributed by atoms with Crippen LogP contribution in [0.25, 0.3) is 0 Å². The van der Waals surface area contributed by atoms with Crippen molar-refractivity contribution in [2.75, 3.05) is 24.5 Å². The van der Waals surface area contributed by atoms with Gasteiger partial charge < -0.3 is 10.2 Å². The second-order valence-electron chi connectivity index (χ2n) is 4.10. The molecule has 1 N–H and O–H groups in total. The fourth-order valence-electron chi connectivity index (χ4n) is 1.99. The average molecular weight is 209 g/mol. The summed E-state index contributed by atoms with van der Waals surface area (Å²) < 4.78 is 12.9. The summed E-state index contributed by atoms with van der Waals surface area (Å²) in [5.74, 6) is 0.643. The second-order valence-corrected chi connectivity index (χ2v) is 4.10. The van der Waals surface area contributed by atoms with E-state index >= 15 is 0 Å². The Morgan fingerprint density at radius 2 is 2.40 bits per heavy atom. The number of halogens is 1. The molecule has 2 rings (SSSR count). The minimum absolute atomic E-state index is 0.264. The molecule has 82 valence electrons. The van der Waals surface area contributed by atoms with Crippen molar-refractivity contribution in [3.05, 3.63) is 23.6 Å². The number of nitrogens with zero attached hydrogens (tertiary/aromatic N) is 2. The van der Waals surface area contributed by atoms with Gasteiger partial charge in [-0.2, -0.15) is 0 Å². The number of anilines is 1. The second kappa shape index (κ2) is 4.14. The van der Waals surface area contributed by atoms with Gasteiger partial charge in [-0.05, 0) is 25.5 Å². The third-order valence-electron chi connectivity index (χ3n) is 2.69. The predicted octanol–water partition coefficient (Wildman–Crippen LogP) is 1.33. The van der Waals surface area contributed by atoms with Gasteiger partial charge in [-0.15, -0.1) is 0 Å². The third-order valence-corrected chi connectivity index (χ3v) is 2.69. The van der Waals surface area contributed by atoms with Crippen LogP contribution in [0.15, 0.2) is 12.3 Å². The molecule has 0 unspecified atom stereocenters. The largest absolute Gasteiger partial charge is 0.354 e. The summed E-state index contributed by atoms with van der Waals surface area (Å²) in [7, 11) is 0. The van der Waals surface area contributed by atoms with Crippen LogP contribution in [0.4, 0.5) is 10.2 Å². The predicted molar refractivity (Wildman–Crippen MR) is 58.6 cm³/mol. The van der Waals surface area contributed by atoms with E-state index in [0.29, 0.717) is 6.04 Å². The number of rotatable bonds is 1. The van der Waals surface area contributed by atoms with E-state index in [1.165, 1.54) is 12.3 Å². The molecule has 1 aromatic heterocycles. The highest BCUT2D eigenvalue weighted by molar-refractivity contribution is 5.46. The van der Waals surface area contributed by atoms with E-state index < -0.39 is 0 Å². The van der Waals surface area contributed by atoms with Crippen LogP contribution in [-0.4, -0.2) is 30.7 Å². The summed E-state index contributed by atoms with van der Waals surface area (Å²) in [5.41, 5.74) is 0.907. The van der Waals surface area contributed by atoms with Crippen molar-refractivity contribution in [2.45, 2.75) is 19.9 Å². The first-order chi connectivity index (χ1) is 7.16. The van der Waals surface area contributed by atoms with Crippen molar-refractivity contribution < 1.29 is 4.39 Å². The lowest BCUT2D eigenvalue weighted by Gasteiger charge is -2.33. The lowest BCUT2D eigenvalue weighted by atomic mass is 10.2. The molecule has 4 heteroatoms. The molecule has 0 aromatic carbocycles. The molecular weight excluding hydrogens is 193 g/mol. The van der Waals surface area contributed by atoms with Gasteiger partial charge in [0.1, 0.15) is 11.6 Å². The molecule has 0 bridgehead atoms. The highest BCUT2D eigenvalue weighted by atomic mass is 19.1. The molecule has 1 aliphatic heterocycles. The lowest BCUT2D eigenvalue weighted by molar-refractivity contribution is 0.481.